The van der Waals surface area contributed by atoms with Gasteiger partial charge >= 0.3 is 0 Å². The topological polar surface area (TPSA) is 40.6 Å². The summed E-state index contributed by atoms with van der Waals surface area (Å²) in [6, 6.07) is 8.65. The summed E-state index contributed by atoms with van der Waals surface area (Å²) in [4.78, 5) is 29.3. The lowest BCUT2D eigenvalue weighted by Gasteiger charge is -2.39. The third-order valence-electron chi connectivity index (χ3n) is 4.10. The molecular formula is C17H17ClN2O2S. The first-order chi connectivity index (χ1) is 11.0. The Hall–Kier alpha value is -1.85. The highest BCUT2D eigenvalue weighted by atomic mass is 35.5. The minimum Gasteiger partial charge on any atom is -0.324 e. The smallest absolute Gasteiger partial charge is 0.264 e. The van der Waals surface area contributed by atoms with E-state index in [4.69, 9.17) is 11.6 Å². The number of benzene rings is 1. The molecule has 1 saturated heterocycles. The Balaban J connectivity index is 1.82. The van der Waals surface area contributed by atoms with Crippen molar-refractivity contribution < 1.29 is 9.59 Å². The van der Waals surface area contributed by atoms with Crippen LogP contribution >= 0.6 is 22.9 Å². The van der Waals surface area contributed by atoms with Gasteiger partial charge in [-0.25, -0.2) is 0 Å². The molecule has 1 atom stereocenters. The van der Waals surface area contributed by atoms with Crippen LogP contribution in [-0.4, -0.2) is 35.8 Å². The van der Waals surface area contributed by atoms with Gasteiger partial charge in [-0.1, -0.05) is 17.7 Å². The van der Waals surface area contributed by atoms with Crippen molar-refractivity contribution in [3.63, 3.8) is 0 Å². The Morgan fingerprint density at radius 3 is 2.74 bits per heavy atom. The Kier molecular flexibility index (Phi) is 4.41. The molecule has 2 amide bonds. The van der Waals surface area contributed by atoms with Crippen LogP contribution in [0.4, 0.5) is 5.69 Å². The number of carbonyl (C=O) groups is 2. The second-order valence-corrected chi connectivity index (χ2v) is 6.96. The van der Waals surface area contributed by atoms with Gasteiger partial charge in [0.25, 0.3) is 5.91 Å². The summed E-state index contributed by atoms with van der Waals surface area (Å²) in [5.41, 5.74) is 1.81. The van der Waals surface area contributed by atoms with E-state index in [9.17, 15) is 9.59 Å². The molecule has 2 aromatic rings. The summed E-state index contributed by atoms with van der Waals surface area (Å²) >= 11 is 7.39. The first kappa shape index (κ1) is 16.0. The SMILES string of the molecule is Cc1cc(Cl)ccc1N1CCN(C(=O)c2cccs2)C(C)C1=O. The highest BCUT2D eigenvalue weighted by Gasteiger charge is 2.36. The summed E-state index contributed by atoms with van der Waals surface area (Å²) in [5.74, 6) is -0.139. The molecule has 0 aliphatic carbocycles. The summed E-state index contributed by atoms with van der Waals surface area (Å²) in [6.45, 7) is 4.72. The number of carbonyl (C=O) groups excluding carboxylic acids is 2. The maximum absolute atomic E-state index is 12.7. The monoisotopic (exact) mass is 348 g/mol. The molecule has 1 fully saturated rings. The third-order valence-corrected chi connectivity index (χ3v) is 5.19. The normalized spacial score (nSPS) is 18.4. The minimum atomic E-state index is -0.478. The van der Waals surface area contributed by atoms with Crippen LogP contribution in [0.1, 0.15) is 22.2 Å². The van der Waals surface area contributed by atoms with E-state index < -0.39 is 6.04 Å². The van der Waals surface area contributed by atoms with Crippen LogP contribution < -0.4 is 4.90 Å². The van der Waals surface area contributed by atoms with Crippen molar-refractivity contribution in [2.45, 2.75) is 19.9 Å². The highest BCUT2D eigenvalue weighted by molar-refractivity contribution is 7.12. The van der Waals surface area contributed by atoms with Crippen molar-refractivity contribution in [3.05, 3.63) is 51.2 Å². The lowest BCUT2D eigenvalue weighted by molar-refractivity contribution is -0.124. The predicted octanol–water partition coefficient (Wildman–Crippen LogP) is 3.59. The summed E-state index contributed by atoms with van der Waals surface area (Å²) in [7, 11) is 0. The third kappa shape index (κ3) is 2.99. The van der Waals surface area contributed by atoms with Gasteiger partial charge in [0.15, 0.2) is 0 Å². The number of anilines is 1. The molecule has 4 nitrogen and oxygen atoms in total. The Labute approximate surface area is 144 Å². The lowest BCUT2D eigenvalue weighted by atomic mass is 10.1. The van der Waals surface area contributed by atoms with Gasteiger partial charge < -0.3 is 9.80 Å². The second-order valence-electron chi connectivity index (χ2n) is 5.57. The Morgan fingerprint density at radius 2 is 2.09 bits per heavy atom. The number of hydrogen-bond acceptors (Lipinski definition) is 3. The fraction of sp³-hybridized carbons (Fsp3) is 0.294. The number of nitrogens with zero attached hydrogens (tertiary/aromatic N) is 2. The van der Waals surface area contributed by atoms with Crippen molar-refractivity contribution in [2.24, 2.45) is 0 Å². The molecule has 23 heavy (non-hydrogen) atoms. The lowest BCUT2D eigenvalue weighted by Crippen LogP contribution is -2.57. The molecule has 1 aliphatic rings. The fourth-order valence-electron chi connectivity index (χ4n) is 2.85. The van der Waals surface area contributed by atoms with Gasteiger partial charge in [0.2, 0.25) is 5.91 Å². The van der Waals surface area contributed by atoms with Crippen molar-refractivity contribution in [3.8, 4) is 0 Å². The molecule has 6 heteroatoms. The van der Waals surface area contributed by atoms with E-state index >= 15 is 0 Å². The Bertz CT molecular complexity index is 745. The van der Waals surface area contributed by atoms with Gasteiger partial charge in [-0.05, 0) is 49.1 Å². The molecule has 0 radical (unpaired) electrons. The summed E-state index contributed by atoms with van der Waals surface area (Å²) in [5, 5.41) is 2.52. The largest absolute Gasteiger partial charge is 0.324 e. The standard InChI is InChI=1S/C17H17ClN2O2S/c1-11-10-13(18)5-6-14(11)20-8-7-19(12(2)16(20)21)17(22)15-4-3-9-23-15/h3-6,9-10,12H,7-8H2,1-2H3. The maximum Gasteiger partial charge on any atom is 0.264 e. The van der Waals surface area contributed by atoms with Gasteiger partial charge in [-0.2, -0.15) is 0 Å². The Morgan fingerprint density at radius 1 is 1.30 bits per heavy atom. The van der Waals surface area contributed by atoms with Gasteiger partial charge in [0, 0.05) is 23.8 Å². The maximum atomic E-state index is 12.7. The van der Waals surface area contributed by atoms with Gasteiger partial charge in [0.05, 0.1) is 4.88 Å². The zero-order valence-electron chi connectivity index (χ0n) is 13.0. The quantitative estimate of drug-likeness (QED) is 0.832. The molecule has 1 aromatic carbocycles. The second kappa shape index (κ2) is 6.34. The molecule has 3 rings (SSSR count). The van der Waals surface area contributed by atoms with Gasteiger partial charge in [-0.15, -0.1) is 11.3 Å². The van der Waals surface area contributed by atoms with E-state index in [2.05, 4.69) is 0 Å². The van der Waals surface area contributed by atoms with E-state index in [1.54, 1.807) is 28.9 Å². The molecule has 2 heterocycles. The van der Waals surface area contributed by atoms with Crippen molar-refractivity contribution >= 4 is 40.4 Å². The van der Waals surface area contributed by atoms with Crippen molar-refractivity contribution in [1.29, 1.82) is 0 Å². The molecule has 1 aromatic heterocycles. The van der Waals surface area contributed by atoms with Crippen LogP contribution in [0.15, 0.2) is 35.7 Å². The number of thiophene rings is 1. The van der Waals surface area contributed by atoms with Crippen LogP contribution in [0, 0.1) is 6.92 Å². The number of halogens is 1. The molecule has 1 aliphatic heterocycles. The average molecular weight is 349 g/mol. The zero-order valence-corrected chi connectivity index (χ0v) is 14.5. The van der Waals surface area contributed by atoms with Gasteiger partial charge in [0.1, 0.15) is 6.04 Å². The summed E-state index contributed by atoms with van der Waals surface area (Å²) in [6.07, 6.45) is 0. The molecule has 0 saturated carbocycles. The van der Waals surface area contributed by atoms with E-state index in [0.29, 0.717) is 23.0 Å². The molecule has 1 unspecified atom stereocenters. The first-order valence-electron chi connectivity index (χ1n) is 7.41. The van der Waals surface area contributed by atoms with Crippen LogP contribution in [0.3, 0.4) is 0 Å². The molecule has 0 N–H and O–H groups in total. The zero-order chi connectivity index (χ0) is 16.6. The van der Waals surface area contributed by atoms with Crippen LogP contribution in [0.25, 0.3) is 0 Å². The summed E-state index contributed by atoms with van der Waals surface area (Å²) < 4.78 is 0. The van der Waals surface area contributed by atoms with E-state index in [-0.39, 0.29) is 11.8 Å². The average Bonchev–Trinajstić information content (AvgIpc) is 3.04. The van der Waals surface area contributed by atoms with E-state index in [0.717, 1.165) is 11.3 Å². The van der Waals surface area contributed by atoms with Crippen LogP contribution in [0.2, 0.25) is 5.02 Å². The van der Waals surface area contributed by atoms with E-state index in [1.165, 1.54) is 11.3 Å². The van der Waals surface area contributed by atoms with Crippen molar-refractivity contribution in [1.82, 2.24) is 4.90 Å². The number of amides is 2. The van der Waals surface area contributed by atoms with E-state index in [1.807, 2.05) is 30.5 Å². The fourth-order valence-corrected chi connectivity index (χ4v) is 3.76. The first-order valence-corrected chi connectivity index (χ1v) is 8.67. The molecular weight excluding hydrogens is 332 g/mol. The molecule has 0 spiro atoms. The number of piperazine rings is 1. The van der Waals surface area contributed by atoms with Crippen molar-refractivity contribution in [2.75, 3.05) is 18.0 Å². The predicted molar refractivity (Wildman–Crippen MR) is 93.4 cm³/mol. The number of rotatable bonds is 2. The highest BCUT2D eigenvalue weighted by Crippen LogP contribution is 2.27. The molecule has 0 bridgehead atoms. The molecule has 120 valence electrons. The van der Waals surface area contributed by atoms with Crippen LogP contribution in [-0.2, 0) is 4.79 Å². The van der Waals surface area contributed by atoms with Gasteiger partial charge in [-0.3, -0.25) is 9.59 Å². The number of aryl methyl sites for hydroxylation is 1. The van der Waals surface area contributed by atoms with Crippen LogP contribution in [0.5, 0.6) is 0 Å². The number of hydrogen-bond donors (Lipinski definition) is 0. The minimum absolute atomic E-state index is 0.0634.